The van der Waals surface area contributed by atoms with Crippen LogP contribution in [0.2, 0.25) is 0 Å². The van der Waals surface area contributed by atoms with Crippen LogP contribution >= 0.6 is 0 Å². The number of benzene rings is 1. The molecule has 0 radical (unpaired) electrons. The monoisotopic (exact) mass is 190 g/mol. The topological polar surface area (TPSA) is 65.1 Å². The Kier molecular flexibility index (Phi) is 1.89. The van der Waals surface area contributed by atoms with Gasteiger partial charge in [-0.3, -0.25) is 5.32 Å². The largest absolute Gasteiger partial charge is 0.465 e. The number of aryl methyl sites for hydroxylation is 1. The van der Waals surface area contributed by atoms with E-state index in [0.717, 1.165) is 16.5 Å². The number of H-pyrrole nitrogens is 1. The molecule has 0 spiro atoms. The molecule has 3 N–H and O–H groups in total. The Labute approximate surface area is 80.6 Å². The second-order valence-corrected chi connectivity index (χ2v) is 3.11. The highest BCUT2D eigenvalue weighted by Crippen LogP contribution is 2.23. The van der Waals surface area contributed by atoms with Crippen LogP contribution in [0.3, 0.4) is 0 Å². The molecular weight excluding hydrogens is 180 g/mol. The van der Waals surface area contributed by atoms with Crippen LogP contribution in [0.1, 0.15) is 5.56 Å². The summed E-state index contributed by atoms with van der Waals surface area (Å²) in [7, 11) is 0. The van der Waals surface area contributed by atoms with E-state index >= 15 is 0 Å². The molecule has 0 fully saturated rings. The van der Waals surface area contributed by atoms with Crippen LogP contribution < -0.4 is 5.32 Å². The number of hydrogen-bond acceptors (Lipinski definition) is 1. The molecule has 0 aliphatic carbocycles. The van der Waals surface area contributed by atoms with Crippen LogP contribution in [0.25, 0.3) is 10.9 Å². The Morgan fingerprint density at radius 1 is 1.43 bits per heavy atom. The minimum absolute atomic E-state index is 0.618. The smallest absolute Gasteiger partial charge is 0.409 e. The van der Waals surface area contributed by atoms with Crippen LogP contribution in [-0.4, -0.2) is 16.2 Å². The average molecular weight is 190 g/mol. The van der Waals surface area contributed by atoms with Gasteiger partial charge >= 0.3 is 6.09 Å². The summed E-state index contributed by atoms with van der Waals surface area (Å²) in [5, 5.41) is 12.0. The van der Waals surface area contributed by atoms with Crippen molar-refractivity contribution in [3.8, 4) is 0 Å². The summed E-state index contributed by atoms with van der Waals surface area (Å²) in [6.45, 7) is 1.88. The lowest BCUT2D eigenvalue weighted by Gasteiger charge is -2.05. The van der Waals surface area contributed by atoms with Crippen LogP contribution in [0.15, 0.2) is 24.4 Å². The van der Waals surface area contributed by atoms with E-state index in [1.165, 1.54) is 0 Å². The zero-order valence-corrected chi connectivity index (χ0v) is 7.66. The third-order valence-electron chi connectivity index (χ3n) is 2.23. The quantitative estimate of drug-likeness (QED) is 0.647. The summed E-state index contributed by atoms with van der Waals surface area (Å²) in [4.78, 5) is 13.5. The number of hydrogen-bond donors (Lipinski definition) is 3. The zero-order valence-electron chi connectivity index (χ0n) is 7.66. The summed E-state index contributed by atoms with van der Waals surface area (Å²) in [5.41, 5.74) is 2.50. The molecule has 1 heterocycles. The molecule has 0 unspecified atom stereocenters. The molecule has 2 aromatic rings. The number of carboxylic acid groups (broad SMARTS) is 1. The number of rotatable bonds is 1. The molecular formula is C10H10N2O2. The van der Waals surface area contributed by atoms with Crippen LogP contribution in [-0.2, 0) is 0 Å². The first-order chi connectivity index (χ1) is 6.68. The molecule has 1 amide bonds. The second kappa shape index (κ2) is 3.06. The number of anilines is 1. The van der Waals surface area contributed by atoms with Gasteiger partial charge in [0.15, 0.2) is 0 Å². The van der Waals surface area contributed by atoms with Crippen molar-refractivity contribution in [2.75, 3.05) is 5.32 Å². The van der Waals surface area contributed by atoms with Gasteiger partial charge in [-0.15, -0.1) is 0 Å². The van der Waals surface area contributed by atoms with Gasteiger partial charge in [-0.2, -0.15) is 0 Å². The van der Waals surface area contributed by atoms with Crippen LogP contribution in [0, 0.1) is 6.92 Å². The fourth-order valence-electron chi connectivity index (χ4n) is 1.53. The van der Waals surface area contributed by atoms with Gasteiger partial charge in [-0.1, -0.05) is 6.07 Å². The van der Waals surface area contributed by atoms with E-state index < -0.39 is 6.09 Å². The normalized spacial score (nSPS) is 10.4. The predicted octanol–water partition coefficient (Wildman–Crippen LogP) is 2.57. The molecule has 4 nitrogen and oxygen atoms in total. The SMILES string of the molecule is Cc1c(NC(=O)O)ccc2cc[nH]c12. The summed E-state index contributed by atoms with van der Waals surface area (Å²) in [6.07, 6.45) is 0.793. The van der Waals surface area contributed by atoms with Gasteiger partial charge in [0.25, 0.3) is 0 Å². The molecule has 2 rings (SSSR count). The average Bonchev–Trinajstić information content (AvgIpc) is 2.57. The van der Waals surface area contributed by atoms with E-state index in [-0.39, 0.29) is 0 Å². The van der Waals surface area contributed by atoms with Crippen molar-refractivity contribution < 1.29 is 9.90 Å². The minimum atomic E-state index is -1.04. The minimum Gasteiger partial charge on any atom is -0.465 e. The Morgan fingerprint density at radius 2 is 2.21 bits per heavy atom. The van der Waals surface area contributed by atoms with Crippen molar-refractivity contribution in [3.63, 3.8) is 0 Å². The first kappa shape index (κ1) is 8.62. The van der Waals surface area contributed by atoms with Gasteiger partial charge in [-0.25, -0.2) is 4.79 Å². The molecule has 0 aliphatic heterocycles. The molecule has 1 aromatic carbocycles. The van der Waals surface area contributed by atoms with Gasteiger partial charge in [0.1, 0.15) is 0 Å². The standard InChI is InChI=1S/C10H10N2O2/c1-6-8(12-10(13)14)3-2-7-4-5-11-9(6)7/h2-5,11-12H,1H3,(H,13,14). The highest BCUT2D eigenvalue weighted by molar-refractivity contribution is 5.92. The van der Waals surface area contributed by atoms with Crippen molar-refractivity contribution in [2.24, 2.45) is 0 Å². The lowest BCUT2D eigenvalue weighted by molar-refractivity contribution is 0.209. The second-order valence-electron chi connectivity index (χ2n) is 3.11. The predicted molar refractivity (Wildman–Crippen MR) is 54.7 cm³/mol. The van der Waals surface area contributed by atoms with Crippen molar-refractivity contribution in [3.05, 3.63) is 30.0 Å². The first-order valence-corrected chi connectivity index (χ1v) is 4.25. The van der Waals surface area contributed by atoms with E-state index in [2.05, 4.69) is 10.3 Å². The van der Waals surface area contributed by atoms with E-state index in [4.69, 9.17) is 5.11 Å². The molecule has 4 heteroatoms. The van der Waals surface area contributed by atoms with Gasteiger partial charge in [0.2, 0.25) is 0 Å². The van der Waals surface area contributed by atoms with Crippen molar-refractivity contribution >= 4 is 22.7 Å². The number of nitrogens with one attached hydrogen (secondary N) is 2. The van der Waals surface area contributed by atoms with Crippen molar-refractivity contribution in [2.45, 2.75) is 6.92 Å². The fraction of sp³-hybridized carbons (Fsp3) is 0.100. The van der Waals surface area contributed by atoms with Gasteiger partial charge in [0, 0.05) is 11.9 Å². The summed E-state index contributed by atoms with van der Waals surface area (Å²) >= 11 is 0. The number of aromatic nitrogens is 1. The fourth-order valence-corrected chi connectivity index (χ4v) is 1.53. The maximum absolute atomic E-state index is 10.5. The molecule has 1 aromatic heterocycles. The zero-order chi connectivity index (χ0) is 10.1. The van der Waals surface area contributed by atoms with Crippen molar-refractivity contribution in [1.82, 2.24) is 4.98 Å². The van der Waals surface area contributed by atoms with Crippen LogP contribution in [0.4, 0.5) is 10.5 Å². The molecule has 0 atom stereocenters. The van der Waals surface area contributed by atoms with Crippen LogP contribution in [0.5, 0.6) is 0 Å². The Balaban J connectivity index is 2.56. The number of aromatic amines is 1. The first-order valence-electron chi connectivity index (χ1n) is 4.25. The molecule has 0 aliphatic rings. The highest BCUT2D eigenvalue weighted by Gasteiger charge is 2.05. The Morgan fingerprint density at radius 3 is 2.93 bits per heavy atom. The van der Waals surface area contributed by atoms with E-state index in [0.29, 0.717) is 5.69 Å². The summed E-state index contributed by atoms with van der Waals surface area (Å²) in [5.74, 6) is 0. The van der Waals surface area contributed by atoms with Gasteiger partial charge < -0.3 is 10.1 Å². The third-order valence-corrected chi connectivity index (χ3v) is 2.23. The summed E-state index contributed by atoms with van der Waals surface area (Å²) < 4.78 is 0. The number of amides is 1. The molecule has 14 heavy (non-hydrogen) atoms. The highest BCUT2D eigenvalue weighted by atomic mass is 16.4. The van der Waals surface area contributed by atoms with Crippen molar-refractivity contribution in [1.29, 1.82) is 0 Å². The Hall–Kier alpha value is -1.97. The molecule has 0 saturated carbocycles. The molecule has 0 bridgehead atoms. The number of carbonyl (C=O) groups is 1. The third kappa shape index (κ3) is 1.31. The van der Waals surface area contributed by atoms with Gasteiger partial charge in [0.05, 0.1) is 5.52 Å². The summed E-state index contributed by atoms with van der Waals surface area (Å²) in [6, 6.07) is 5.59. The van der Waals surface area contributed by atoms with E-state index in [1.54, 1.807) is 6.07 Å². The lowest BCUT2D eigenvalue weighted by Crippen LogP contribution is -2.08. The van der Waals surface area contributed by atoms with E-state index in [1.807, 2.05) is 25.3 Å². The van der Waals surface area contributed by atoms with Gasteiger partial charge in [-0.05, 0) is 30.0 Å². The maximum Gasteiger partial charge on any atom is 0.409 e. The van der Waals surface area contributed by atoms with E-state index in [9.17, 15) is 4.79 Å². The Bertz CT molecular complexity index is 488. The molecule has 0 saturated heterocycles. The number of fused-ring (bicyclic) bond motifs is 1. The lowest BCUT2D eigenvalue weighted by atomic mass is 10.1. The molecule has 72 valence electrons. The maximum atomic E-state index is 10.5.